The van der Waals surface area contributed by atoms with Gasteiger partial charge >= 0.3 is 11.9 Å². The molecule has 3 heterocycles. The fraction of sp³-hybridized carbons (Fsp3) is 0.667. The molecule has 0 N–H and O–H groups in total. The van der Waals surface area contributed by atoms with Crippen molar-refractivity contribution < 1.29 is 36.4 Å². The number of esters is 2. The molecule has 0 aromatic carbocycles. The molecule has 3 aliphatic heterocycles. The van der Waals surface area contributed by atoms with Gasteiger partial charge in [-0.05, 0) is 0 Å². The van der Waals surface area contributed by atoms with Crippen molar-refractivity contribution >= 4 is 22.1 Å². The van der Waals surface area contributed by atoms with Gasteiger partial charge in [-0.2, -0.15) is 8.42 Å². The maximum Gasteiger partial charge on any atom is 0.330 e. The smallest absolute Gasteiger partial charge is 0.330 e. The molecule has 116 valence electrons. The van der Waals surface area contributed by atoms with Gasteiger partial charge in [0, 0.05) is 12.0 Å². The lowest BCUT2D eigenvalue weighted by molar-refractivity contribution is -0.150. The number of ether oxygens (including phenoxy) is 3. The van der Waals surface area contributed by atoms with Gasteiger partial charge in [0.25, 0.3) is 10.1 Å². The third kappa shape index (κ3) is 2.07. The molecular formula is C12H14O8S. The zero-order chi connectivity index (χ0) is 15.4. The molecule has 6 atom stereocenters. The van der Waals surface area contributed by atoms with Crippen LogP contribution in [-0.2, 0) is 38.1 Å². The minimum Gasteiger partial charge on any atom is -0.469 e. The number of hydrogen-bond acceptors (Lipinski definition) is 8. The second-order valence-corrected chi connectivity index (χ2v) is 6.86. The van der Waals surface area contributed by atoms with Crippen LogP contribution >= 0.6 is 0 Å². The highest BCUT2D eigenvalue weighted by molar-refractivity contribution is 7.87. The first-order chi connectivity index (χ1) is 9.89. The molecule has 3 fully saturated rings. The predicted molar refractivity (Wildman–Crippen MR) is 66.4 cm³/mol. The van der Waals surface area contributed by atoms with Crippen molar-refractivity contribution in [1.82, 2.24) is 0 Å². The van der Waals surface area contributed by atoms with Gasteiger partial charge in [0.15, 0.2) is 6.10 Å². The van der Waals surface area contributed by atoms with E-state index in [9.17, 15) is 18.0 Å². The Morgan fingerprint density at radius 1 is 1.29 bits per heavy atom. The molecule has 0 aliphatic carbocycles. The second kappa shape index (κ2) is 4.79. The van der Waals surface area contributed by atoms with Gasteiger partial charge in [0.05, 0.1) is 13.5 Å². The summed E-state index contributed by atoms with van der Waals surface area (Å²) in [5.74, 6) is -1.91. The van der Waals surface area contributed by atoms with Crippen LogP contribution in [0, 0.1) is 5.92 Å². The second-order valence-electron chi connectivity index (χ2n) is 5.13. The van der Waals surface area contributed by atoms with E-state index in [1.807, 2.05) is 0 Å². The SMILES string of the molecule is C=CC(=O)OC1C2OC3C1OS(=O)(=O)C3C2CC(=O)OC. The topological polar surface area (TPSA) is 105 Å². The number of carbonyl (C=O) groups is 2. The average molecular weight is 318 g/mol. The number of carbonyl (C=O) groups excluding carboxylic acids is 2. The molecular weight excluding hydrogens is 304 g/mol. The molecule has 0 aromatic heterocycles. The van der Waals surface area contributed by atoms with Crippen LogP contribution in [0.2, 0.25) is 0 Å². The van der Waals surface area contributed by atoms with Crippen LogP contribution in [0.1, 0.15) is 6.42 Å². The van der Waals surface area contributed by atoms with E-state index in [0.717, 1.165) is 6.08 Å². The third-order valence-corrected chi connectivity index (χ3v) is 5.86. The van der Waals surface area contributed by atoms with E-state index in [4.69, 9.17) is 13.7 Å². The minimum absolute atomic E-state index is 0.139. The number of hydrogen-bond donors (Lipinski definition) is 0. The number of rotatable bonds is 4. The van der Waals surface area contributed by atoms with Gasteiger partial charge in [-0.25, -0.2) is 4.79 Å². The van der Waals surface area contributed by atoms with E-state index < -0.39 is 57.6 Å². The van der Waals surface area contributed by atoms with Gasteiger partial charge in [-0.1, -0.05) is 6.58 Å². The van der Waals surface area contributed by atoms with Crippen LogP contribution in [0.4, 0.5) is 0 Å². The quantitative estimate of drug-likeness (QED) is 0.375. The first kappa shape index (κ1) is 14.5. The highest BCUT2D eigenvalue weighted by atomic mass is 32.2. The van der Waals surface area contributed by atoms with Crippen molar-refractivity contribution in [2.75, 3.05) is 7.11 Å². The maximum atomic E-state index is 12.0. The zero-order valence-corrected chi connectivity index (χ0v) is 11.9. The summed E-state index contributed by atoms with van der Waals surface area (Å²) in [6.07, 6.45) is -2.32. The fourth-order valence-corrected chi connectivity index (χ4v) is 5.16. The molecule has 2 bridgehead atoms. The lowest BCUT2D eigenvalue weighted by Gasteiger charge is -2.27. The monoisotopic (exact) mass is 318 g/mol. The highest BCUT2D eigenvalue weighted by Crippen LogP contribution is 2.52. The Morgan fingerprint density at radius 2 is 2.00 bits per heavy atom. The van der Waals surface area contributed by atoms with Crippen molar-refractivity contribution in [2.24, 2.45) is 5.92 Å². The Kier molecular flexibility index (Phi) is 3.30. The Labute approximate surface area is 121 Å². The van der Waals surface area contributed by atoms with Gasteiger partial charge in [0.1, 0.15) is 23.6 Å². The fourth-order valence-electron chi connectivity index (χ4n) is 3.28. The Bertz CT molecular complexity index is 596. The largest absolute Gasteiger partial charge is 0.469 e. The van der Waals surface area contributed by atoms with Crippen molar-refractivity contribution in [2.45, 2.75) is 36.1 Å². The summed E-state index contributed by atoms with van der Waals surface area (Å²) in [6, 6.07) is 0. The molecule has 3 saturated heterocycles. The standard InChI is InChI=1S/C12H14O8S/c1-3-6(13)18-9-8-5(4-7(14)17-2)12-11(19-8)10(9)20-21(12,15)16/h3,5,8-12H,1,4H2,2H3. The summed E-state index contributed by atoms with van der Waals surface area (Å²) in [5.41, 5.74) is 0. The van der Waals surface area contributed by atoms with E-state index >= 15 is 0 Å². The molecule has 6 unspecified atom stereocenters. The molecule has 9 heteroatoms. The first-order valence-electron chi connectivity index (χ1n) is 6.36. The van der Waals surface area contributed by atoms with Gasteiger partial charge in [0.2, 0.25) is 0 Å². The van der Waals surface area contributed by atoms with Crippen LogP contribution < -0.4 is 0 Å². The molecule has 3 rings (SSSR count). The maximum absolute atomic E-state index is 12.0. The van der Waals surface area contributed by atoms with Crippen LogP contribution in [-0.4, -0.2) is 57.1 Å². The lowest BCUT2D eigenvalue weighted by Crippen LogP contribution is -2.47. The third-order valence-electron chi connectivity index (χ3n) is 4.08. The van der Waals surface area contributed by atoms with Crippen molar-refractivity contribution in [3.8, 4) is 0 Å². The molecule has 0 spiro atoms. The summed E-state index contributed by atoms with van der Waals surface area (Å²) in [4.78, 5) is 22.9. The Balaban J connectivity index is 1.90. The summed E-state index contributed by atoms with van der Waals surface area (Å²) < 4.78 is 44.4. The van der Waals surface area contributed by atoms with Crippen molar-refractivity contribution in [1.29, 1.82) is 0 Å². The van der Waals surface area contributed by atoms with Crippen LogP contribution in [0.3, 0.4) is 0 Å². The van der Waals surface area contributed by atoms with Crippen molar-refractivity contribution in [3.63, 3.8) is 0 Å². The van der Waals surface area contributed by atoms with Gasteiger partial charge in [-0.15, -0.1) is 0 Å². The normalized spacial score (nSPS) is 41.8. The molecule has 21 heavy (non-hydrogen) atoms. The number of methoxy groups -OCH3 is 1. The Hall–Kier alpha value is -1.45. The summed E-state index contributed by atoms with van der Waals surface area (Å²) in [6.45, 7) is 3.29. The minimum atomic E-state index is -3.86. The van der Waals surface area contributed by atoms with E-state index in [-0.39, 0.29) is 6.42 Å². The van der Waals surface area contributed by atoms with Gasteiger partial charge < -0.3 is 14.2 Å². The predicted octanol–water partition coefficient (Wildman–Crippen LogP) is -0.858. The summed E-state index contributed by atoms with van der Waals surface area (Å²) >= 11 is 0. The molecule has 0 aromatic rings. The first-order valence-corrected chi connectivity index (χ1v) is 7.83. The van der Waals surface area contributed by atoms with Gasteiger partial charge in [-0.3, -0.25) is 8.98 Å². The summed E-state index contributed by atoms with van der Waals surface area (Å²) in [7, 11) is -2.64. The molecule has 3 aliphatic rings. The molecule has 8 nitrogen and oxygen atoms in total. The summed E-state index contributed by atoms with van der Waals surface area (Å²) in [5, 5.41) is -0.926. The molecule has 0 amide bonds. The lowest BCUT2D eigenvalue weighted by atomic mass is 9.83. The van der Waals surface area contributed by atoms with Crippen LogP contribution in [0.25, 0.3) is 0 Å². The average Bonchev–Trinajstić information content (AvgIpc) is 3.01. The molecule has 0 radical (unpaired) electrons. The van der Waals surface area contributed by atoms with Crippen LogP contribution in [0.15, 0.2) is 12.7 Å². The zero-order valence-electron chi connectivity index (χ0n) is 11.1. The Morgan fingerprint density at radius 3 is 2.62 bits per heavy atom. The number of fused-ring (bicyclic) bond motifs is 1. The van der Waals surface area contributed by atoms with E-state index in [1.54, 1.807) is 0 Å². The highest BCUT2D eigenvalue weighted by Gasteiger charge is 2.71. The van der Waals surface area contributed by atoms with Crippen LogP contribution in [0.5, 0.6) is 0 Å². The van der Waals surface area contributed by atoms with E-state index in [2.05, 4.69) is 11.3 Å². The molecule has 0 saturated carbocycles. The van der Waals surface area contributed by atoms with Crippen molar-refractivity contribution in [3.05, 3.63) is 12.7 Å². The van der Waals surface area contributed by atoms with E-state index in [1.165, 1.54) is 7.11 Å². The van der Waals surface area contributed by atoms with E-state index in [0.29, 0.717) is 0 Å².